The van der Waals surface area contributed by atoms with Crippen molar-refractivity contribution in [1.82, 2.24) is 10.2 Å². The number of hydrogen-bond donors (Lipinski definition) is 1. The fourth-order valence-corrected chi connectivity index (χ4v) is 4.47. The van der Waals surface area contributed by atoms with E-state index in [1.165, 1.54) is 11.0 Å². The number of benzene rings is 3. The Labute approximate surface area is 184 Å². The minimum absolute atomic E-state index is 0.0182. The van der Waals surface area contributed by atoms with E-state index in [4.69, 9.17) is 4.42 Å². The molecule has 1 saturated heterocycles. The van der Waals surface area contributed by atoms with Crippen molar-refractivity contribution in [3.8, 4) is 0 Å². The first-order valence-corrected chi connectivity index (χ1v) is 10.4. The smallest absolute Gasteiger partial charge is 0.336 e. The number of nitrogens with one attached hydrogen (secondary N) is 1. The molecule has 0 spiro atoms. The highest BCUT2D eigenvalue weighted by Gasteiger charge is 2.49. The largest absolute Gasteiger partial charge is 0.423 e. The summed E-state index contributed by atoms with van der Waals surface area (Å²) in [7, 11) is 0. The van der Waals surface area contributed by atoms with E-state index in [2.05, 4.69) is 5.32 Å². The molecule has 3 amide bonds. The van der Waals surface area contributed by atoms with Crippen molar-refractivity contribution < 1.29 is 14.0 Å². The van der Waals surface area contributed by atoms with Crippen LogP contribution in [0.2, 0.25) is 0 Å². The van der Waals surface area contributed by atoms with Gasteiger partial charge >= 0.3 is 11.7 Å². The SMILES string of the molecule is Cc1cc2oc(=O)cc(CN3C(=O)NC(C)(c4cccc5ccccc45)C3=O)c2cc1C. The van der Waals surface area contributed by atoms with E-state index in [-0.39, 0.29) is 12.5 Å². The van der Waals surface area contributed by atoms with Gasteiger partial charge in [-0.15, -0.1) is 0 Å². The van der Waals surface area contributed by atoms with Crippen LogP contribution in [0.5, 0.6) is 0 Å². The highest BCUT2D eigenvalue weighted by atomic mass is 16.4. The number of urea groups is 1. The zero-order chi connectivity index (χ0) is 22.6. The molecule has 1 atom stereocenters. The molecule has 0 radical (unpaired) electrons. The van der Waals surface area contributed by atoms with E-state index in [0.29, 0.717) is 16.5 Å². The molecule has 3 aromatic carbocycles. The summed E-state index contributed by atoms with van der Waals surface area (Å²) in [5, 5.41) is 5.49. The van der Waals surface area contributed by atoms with Crippen LogP contribution in [0, 0.1) is 13.8 Å². The number of carbonyl (C=O) groups is 2. The van der Waals surface area contributed by atoms with Gasteiger partial charge < -0.3 is 9.73 Å². The number of aryl methyl sites for hydroxylation is 2. The number of hydrogen-bond acceptors (Lipinski definition) is 4. The molecular formula is C26H22N2O4. The molecular weight excluding hydrogens is 404 g/mol. The highest BCUT2D eigenvalue weighted by Crippen LogP contribution is 2.35. The van der Waals surface area contributed by atoms with Gasteiger partial charge in [0, 0.05) is 11.5 Å². The summed E-state index contributed by atoms with van der Waals surface area (Å²) in [4.78, 5) is 39.9. The molecule has 2 heterocycles. The maximum absolute atomic E-state index is 13.6. The van der Waals surface area contributed by atoms with Gasteiger partial charge in [0.15, 0.2) is 0 Å². The predicted octanol–water partition coefficient (Wildman–Crippen LogP) is 4.53. The Balaban J connectivity index is 1.58. The normalized spacial score (nSPS) is 18.5. The van der Waals surface area contributed by atoms with E-state index in [9.17, 15) is 14.4 Å². The molecule has 32 heavy (non-hydrogen) atoms. The van der Waals surface area contributed by atoms with Gasteiger partial charge in [-0.3, -0.25) is 9.69 Å². The lowest BCUT2D eigenvalue weighted by Crippen LogP contribution is -2.41. The molecule has 160 valence electrons. The molecule has 1 aliphatic heterocycles. The number of rotatable bonds is 3. The molecule has 1 aromatic heterocycles. The van der Waals surface area contributed by atoms with Gasteiger partial charge in [-0.05, 0) is 65.9 Å². The van der Waals surface area contributed by atoms with Gasteiger partial charge in [0.05, 0.1) is 6.54 Å². The third-order valence-electron chi connectivity index (χ3n) is 6.38. The summed E-state index contributed by atoms with van der Waals surface area (Å²) in [6, 6.07) is 18.1. The Morgan fingerprint density at radius 3 is 2.44 bits per heavy atom. The van der Waals surface area contributed by atoms with E-state index < -0.39 is 17.2 Å². The molecule has 1 unspecified atom stereocenters. The Morgan fingerprint density at radius 1 is 0.906 bits per heavy atom. The Morgan fingerprint density at radius 2 is 1.62 bits per heavy atom. The molecule has 0 bridgehead atoms. The molecule has 0 aliphatic carbocycles. The number of amides is 3. The van der Waals surface area contributed by atoms with Crippen LogP contribution in [0.3, 0.4) is 0 Å². The molecule has 1 N–H and O–H groups in total. The summed E-state index contributed by atoms with van der Waals surface area (Å²) in [5.41, 5.74) is 2.06. The van der Waals surface area contributed by atoms with Crippen molar-refractivity contribution in [2.24, 2.45) is 0 Å². The van der Waals surface area contributed by atoms with Crippen LogP contribution in [-0.2, 0) is 16.9 Å². The molecule has 0 saturated carbocycles. The second-order valence-corrected chi connectivity index (χ2v) is 8.50. The molecule has 6 nitrogen and oxygen atoms in total. The summed E-state index contributed by atoms with van der Waals surface area (Å²) < 4.78 is 5.36. The Bertz CT molecular complexity index is 1480. The van der Waals surface area contributed by atoms with Crippen molar-refractivity contribution in [3.05, 3.63) is 93.3 Å². The van der Waals surface area contributed by atoms with Crippen LogP contribution < -0.4 is 10.9 Å². The van der Waals surface area contributed by atoms with Crippen molar-refractivity contribution in [2.45, 2.75) is 32.9 Å². The van der Waals surface area contributed by atoms with Crippen molar-refractivity contribution in [1.29, 1.82) is 0 Å². The van der Waals surface area contributed by atoms with Crippen LogP contribution in [0.15, 0.2) is 69.9 Å². The van der Waals surface area contributed by atoms with Crippen LogP contribution in [0.1, 0.15) is 29.2 Å². The van der Waals surface area contributed by atoms with Crippen LogP contribution >= 0.6 is 0 Å². The lowest BCUT2D eigenvalue weighted by Gasteiger charge is -2.24. The number of nitrogens with zero attached hydrogens (tertiary/aromatic N) is 1. The van der Waals surface area contributed by atoms with E-state index in [1.807, 2.05) is 68.4 Å². The van der Waals surface area contributed by atoms with Gasteiger partial charge in [0.25, 0.3) is 5.91 Å². The lowest BCUT2D eigenvalue weighted by atomic mass is 9.87. The fourth-order valence-electron chi connectivity index (χ4n) is 4.47. The molecule has 1 aliphatic rings. The standard InChI is InChI=1S/C26H22N2O4/c1-15-11-20-18(13-23(29)32-22(20)12-16(15)2)14-28-24(30)26(3,27-25(28)31)21-10-6-8-17-7-4-5-9-19(17)21/h4-13H,14H2,1-3H3,(H,27,31). The van der Waals surface area contributed by atoms with Crippen molar-refractivity contribution in [3.63, 3.8) is 0 Å². The van der Waals surface area contributed by atoms with E-state index >= 15 is 0 Å². The van der Waals surface area contributed by atoms with Gasteiger partial charge in [0.1, 0.15) is 11.1 Å². The maximum atomic E-state index is 13.6. The zero-order valence-corrected chi connectivity index (χ0v) is 18.1. The minimum atomic E-state index is -1.21. The fraction of sp³-hybridized carbons (Fsp3) is 0.192. The van der Waals surface area contributed by atoms with Gasteiger partial charge in [0.2, 0.25) is 0 Å². The number of imide groups is 1. The molecule has 6 heteroatoms. The molecule has 4 aromatic rings. The summed E-state index contributed by atoms with van der Waals surface area (Å²) >= 11 is 0. The minimum Gasteiger partial charge on any atom is -0.423 e. The third-order valence-corrected chi connectivity index (χ3v) is 6.38. The predicted molar refractivity (Wildman–Crippen MR) is 122 cm³/mol. The summed E-state index contributed by atoms with van der Waals surface area (Å²) in [6.07, 6.45) is 0. The summed E-state index contributed by atoms with van der Waals surface area (Å²) in [5.74, 6) is -0.357. The second-order valence-electron chi connectivity index (χ2n) is 8.50. The van der Waals surface area contributed by atoms with Gasteiger partial charge in [-0.1, -0.05) is 42.5 Å². The number of carbonyl (C=O) groups excluding carboxylic acids is 2. The highest BCUT2D eigenvalue weighted by molar-refractivity contribution is 6.09. The average Bonchev–Trinajstić information content (AvgIpc) is 2.98. The number of fused-ring (bicyclic) bond motifs is 2. The van der Waals surface area contributed by atoms with Crippen molar-refractivity contribution in [2.75, 3.05) is 0 Å². The van der Waals surface area contributed by atoms with Crippen LogP contribution in [-0.4, -0.2) is 16.8 Å². The second kappa shape index (κ2) is 7.05. The van der Waals surface area contributed by atoms with E-state index in [0.717, 1.165) is 27.5 Å². The molecule has 1 fully saturated rings. The van der Waals surface area contributed by atoms with E-state index in [1.54, 1.807) is 6.92 Å². The molecule has 5 rings (SSSR count). The Kier molecular flexibility index (Phi) is 4.41. The first-order chi connectivity index (χ1) is 15.3. The zero-order valence-electron chi connectivity index (χ0n) is 18.1. The maximum Gasteiger partial charge on any atom is 0.336 e. The first kappa shape index (κ1) is 20.0. The third kappa shape index (κ3) is 2.99. The topological polar surface area (TPSA) is 79.6 Å². The first-order valence-electron chi connectivity index (χ1n) is 10.4. The monoisotopic (exact) mass is 426 g/mol. The Hall–Kier alpha value is -3.93. The summed E-state index contributed by atoms with van der Waals surface area (Å²) in [6.45, 7) is 5.61. The van der Waals surface area contributed by atoms with Gasteiger partial charge in [-0.25, -0.2) is 9.59 Å². The lowest BCUT2D eigenvalue weighted by molar-refractivity contribution is -0.131. The van der Waals surface area contributed by atoms with Crippen molar-refractivity contribution >= 4 is 33.7 Å². The average molecular weight is 426 g/mol. The van der Waals surface area contributed by atoms with Crippen LogP contribution in [0.4, 0.5) is 4.79 Å². The quantitative estimate of drug-likeness (QED) is 0.386. The van der Waals surface area contributed by atoms with Crippen LogP contribution in [0.25, 0.3) is 21.7 Å². The van der Waals surface area contributed by atoms with Gasteiger partial charge in [-0.2, -0.15) is 0 Å².